The number of ether oxygens (including phenoxy) is 3. The minimum atomic E-state index is -0.735. The number of aliphatic hydroxyl groups excluding tert-OH is 3. The summed E-state index contributed by atoms with van der Waals surface area (Å²) in [4.78, 5) is 0. The van der Waals surface area contributed by atoms with Gasteiger partial charge in [-0.05, 0) is 25.8 Å². The number of rotatable bonds is 2. The SMILES string of the molecule is C=C1OC(C(C)O)[C@H](C)/C=C(\C)[C@]23O[C@@H]4C(C=C[C@@H]2C[C@@H]1OC)C3[C@H](O)[C@@H](C)[C@H]4O. The van der Waals surface area contributed by atoms with Gasteiger partial charge in [0.15, 0.2) is 0 Å². The molecule has 6 heteroatoms. The van der Waals surface area contributed by atoms with Crippen molar-refractivity contribution in [3.05, 3.63) is 36.1 Å². The van der Waals surface area contributed by atoms with E-state index >= 15 is 0 Å². The van der Waals surface area contributed by atoms with Crippen LogP contribution in [0.1, 0.15) is 34.1 Å². The fourth-order valence-corrected chi connectivity index (χ4v) is 6.46. The third-order valence-electron chi connectivity index (χ3n) is 8.04. The molecule has 4 aliphatic rings. The highest BCUT2D eigenvalue weighted by atomic mass is 16.5. The van der Waals surface area contributed by atoms with Gasteiger partial charge in [-0.2, -0.15) is 0 Å². The summed E-state index contributed by atoms with van der Waals surface area (Å²) in [6, 6.07) is 0. The molecular weight excluding hydrogens is 384 g/mol. The van der Waals surface area contributed by atoms with Gasteiger partial charge in [-0.15, -0.1) is 0 Å². The van der Waals surface area contributed by atoms with Gasteiger partial charge in [-0.25, -0.2) is 0 Å². The van der Waals surface area contributed by atoms with Crippen molar-refractivity contribution in [2.24, 2.45) is 29.6 Å². The monoisotopic (exact) mass is 420 g/mol. The van der Waals surface area contributed by atoms with E-state index in [1.807, 2.05) is 20.8 Å². The molecule has 0 radical (unpaired) electrons. The standard InChI is InChI=1S/C24H36O6/c1-11-9-12(2)24-16(10-18(28-6)15(5)29-22(11)14(4)25)7-8-17-19(24)20(26)13(3)21(27)23(17)30-24/h7-9,11,13-14,16-23,25-27H,5,10H2,1-4,6H3/b12-9+/t11-,13-,14?,16-,17?,18+,19?,20-,21-,22?,23-,24+/m1/s1. The van der Waals surface area contributed by atoms with Crippen molar-refractivity contribution in [1.29, 1.82) is 0 Å². The maximum absolute atomic E-state index is 11.2. The largest absolute Gasteiger partial charge is 0.489 e. The Kier molecular flexibility index (Phi) is 5.69. The number of methoxy groups -OCH3 is 1. The van der Waals surface area contributed by atoms with Gasteiger partial charge in [-0.3, -0.25) is 0 Å². The molecule has 4 bridgehead atoms. The highest BCUT2D eigenvalue weighted by Crippen LogP contribution is 2.60. The van der Waals surface area contributed by atoms with Crippen LogP contribution in [0, 0.1) is 29.6 Å². The van der Waals surface area contributed by atoms with Gasteiger partial charge in [0.05, 0.1) is 24.4 Å². The number of hydrogen-bond acceptors (Lipinski definition) is 6. The zero-order valence-corrected chi connectivity index (χ0v) is 18.6. The predicted molar refractivity (Wildman–Crippen MR) is 112 cm³/mol. The van der Waals surface area contributed by atoms with Crippen molar-refractivity contribution < 1.29 is 29.5 Å². The Hall–Kier alpha value is -1.18. The lowest BCUT2D eigenvalue weighted by molar-refractivity contribution is -0.103. The van der Waals surface area contributed by atoms with Gasteiger partial charge in [0.25, 0.3) is 0 Å². The first-order valence-corrected chi connectivity index (χ1v) is 11.1. The minimum Gasteiger partial charge on any atom is -0.489 e. The maximum Gasteiger partial charge on any atom is 0.130 e. The summed E-state index contributed by atoms with van der Waals surface area (Å²) >= 11 is 0. The van der Waals surface area contributed by atoms with E-state index < -0.39 is 30.0 Å². The molecule has 2 aliphatic heterocycles. The van der Waals surface area contributed by atoms with Crippen LogP contribution < -0.4 is 0 Å². The normalized spacial score (nSPS) is 53.3. The Bertz CT molecular complexity index is 744. The third-order valence-corrected chi connectivity index (χ3v) is 8.04. The minimum absolute atomic E-state index is 0.0305. The average molecular weight is 421 g/mol. The van der Waals surface area contributed by atoms with E-state index in [9.17, 15) is 15.3 Å². The Morgan fingerprint density at radius 2 is 1.93 bits per heavy atom. The maximum atomic E-state index is 11.2. The lowest BCUT2D eigenvalue weighted by atomic mass is 9.57. The summed E-state index contributed by atoms with van der Waals surface area (Å²) in [7, 11) is 1.63. The van der Waals surface area contributed by atoms with Gasteiger partial charge >= 0.3 is 0 Å². The molecule has 30 heavy (non-hydrogen) atoms. The highest BCUT2D eigenvalue weighted by Gasteiger charge is 2.67. The molecule has 12 atom stereocenters. The van der Waals surface area contributed by atoms with E-state index in [2.05, 4.69) is 24.8 Å². The fourth-order valence-electron chi connectivity index (χ4n) is 6.46. The molecule has 2 heterocycles. The van der Waals surface area contributed by atoms with Crippen LogP contribution in [-0.4, -0.2) is 64.7 Å². The van der Waals surface area contributed by atoms with Crippen molar-refractivity contribution in [3.63, 3.8) is 0 Å². The Morgan fingerprint density at radius 3 is 2.57 bits per heavy atom. The average Bonchev–Trinajstić information content (AvgIpc) is 2.91. The van der Waals surface area contributed by atoms with Crippen molar-refractivity contribution in [2.45, 2.75) is 76.3 Å². The second-order valence-corrected chi connectivity index (χ2v) is 9.77. The molecule has 168 valence electrons. The first-order chi connectivity index (χ1) is 14.1. The van der Waals surface area contributed by atoms with Crippen molar-refractivity contribution in [1.82, 2.24) is 0 Å². The van der Waals surface area contributed by atoms with Crippen LogP contribution in [0.4, 0.5) is 0 Å². The van der Waals surface area contributed by atoms with Crippen LogP contribution in [0.25, 0.3) is 0 Å². The second kappa shape index (κ2) is 7.75. The van der Waals surface area contributed by atoms with Crippen molar-refractivity contribution in [2.75, 3.05) is 7.11 Å². The van der Waals surface area contributed by atoms with Gasteiger partial charge in [-0.1, -0.05) is 38.7 Å². The molecule has 0 aromatic heterocycles. The molecule has 6 nitrogen and oxygen atoms in total. The number of hydrogen-bond donors (Lipinski definition) is 3. The van der Waals surface area contributed by atoms with Gasteiger partial charge in [0.2, 0.25) is 0 Å². The van der Waals surface area contributed by atoms with E-state index in [-0.39, 0.29) is 41.8 Å². The van der Waals surface area contributed by atoms with E-state index in [4.69, 9.17) is 14.2 Å². The summed E-state index contributed by atoms with van der Waals surface area (Å²) in [5.41, 5.74) is 0.278. The summed E-state index contributed by atoms with van der Waals surface area (Å²) in [5.74, 6) is -0.116. The van der Waals surface area contributed by atoms with E-state index in [0.717, 1.165) is 5.57 Å². The van der Waals surface area contributed by atoms with Crippen molar-refractivity contribution >= 4 is 0 Å². The van der Waals surface area contributed by atoms with Gasteiger partial charge < -0.3 is 29.5 Å². The van der Waals surface area contributed by atoms with E-state index in [0.29, 0.717) is 12.2 Å². The summed E-state index contributed by atoms with van der Waals surface area (Å²) in [6.45, 7) is 11.8. The third kappa shape index (κ3) is 3.03. The molecule has 4 unspecified atom stereocenters. The summed E-state index contributed by atoms with van der Waals surface area (Å²) < 4.78 is 18.6. The molecule has 4 rings (SSSR count). The zero-order chi connectivity index (χ0) is 22.0. The Balaban J connectivity index is 1.86. The molecule has 1 spiro atoms. The van der Waals surface area contributed by atoms with Crippen LogP contribution in [-0.2, 0) is 14.2 Å². The Labute approximate surface area is 179 Å². The van der Waals surface area contributed by atoms with Gasteiger partial charge in [0.1, 0.15) is 23.6 Å². The molecule has 0 aromatic carbocycles. The second-order valence-electron chi connectivity index (χ2n) is 9.77. The first-order valence-electron chi connectivity index (χ1n) is 11.1. The van der Waals surface area contributed by atoms with Gasteiger partial charge in [0, 0.05) is 36.7 Å². The molecule has 2 fully saturated rings. The van der Waals surface area contributed by atoms with Crippen molar-refractivity contribution in [3.8, 4) is 0 Å². The number of aliphatic hydroxyl groups is 3. The molecule has 1 saturated heterocycles. The van der Waals surface area contributed by atoms with Crippen LogP contribution in [0.2, 0.25) is 0 Å². The molecular formula is C24H36O6. The smallest absolute Gasteiger partial charge is 0.130 e. The molecule has 0 aromatic rings. The van der Waals surface area contributed by atoms with E-state index in [1.165, 1.54) is 0 Å². The fraction of sp³-hybridized carbons (Fsp3) is 0.750. The van der Waals surface area contributed by atoms with E-state index in [1.54, 1.807) is 14.0 Å². The summed E-state index contributed by atoms with van der Waals surface area (Å²) in [6.07, 6.45) is 3.67. The highest BCUT2D eigenvalue weighted by molar-refractivity contribution is 5.35. The lowest BCUT2D eigenvalue weighted by Gasteiger charge is -2.49. The lowest BCUT2D eigenvalue weighted by Crippen LogP contribution is -2.56. The van der Waals surface area contributed by atoms with Crippen LogP contribution in [0.3, 0.4) is 0 Å². The van der Waals surface area contributed by atoms with Crippen LogP contribution >= 0.6 is 0 Å². The molecule has 1 saturated carbocycles. The Morgan fingerprint density at radius 1 is 1.23 bits per heavy atom. The van der Waals surface area contributed by atoms with Crippen LogP contribution in [0.15, 0.2) is 36.1 Å². The molecule has 2 aliphatic carbocycles. The quantitative estimate of drug-likeness (QED) is 0.594. The molecule has 0 amide bonds. The zero-order valence-electron chi connectivity index (χ0n) is 18.6. The molecule has 3 N–H and O–H groups in total. The first kappa shape index (κ1) is 22.0. The predicted octanol–water partition coefficient (Wildman–Crippen LogP) is 2.19. The summed E-state index contributed by atoms with van der Waals surface area (Å²) in [5, 5.41) is 32.5. The van der Waals surface area contributed by atoms with Crippen LogP contribution in [0.5, 0.6) is 0 Å². The topological polar surface area (TPSA) is 88.4 Å².